The lowest BCUT2D eigenvalue weighted by Crippen LogP contribution is -2.31. The van der Waals surface area contributed by atoms with E-state index in [-0.39, 0.29) is 6.10 Å². The summed E-state index contributed by atoms with van der Waals surface area (Å²) in [6.07, 6.45) is 2.94. The van der Waals surface area contributed by atoms with Crippen molar-refractivity contribution in [2.24, 2.45) is 0 Å². The number of nitrogens with one attached hydrogen (secondary N) is 1. The first-order valence-electron chi connectivity index (χ1n) is 10.0. The van der Waals surface area contributed by atoms with Crippen LogP contribution in [0.1, 0.15) is 43.4 Å². The quantitative estimate of drug-likeness (QED) is 0.328. The van der Waals surface area contributed by atoms with Gasteiger partial charge in [-0.05, 0) is 24.1 Å². The fraction of sp³-hybridized carbons (Fsp3) is 0.391. The molecule has 7 nitrogen and oxygen atoms in total. The molecule has 0 bridgehead atoms. The van der Waals surface area contributed by atoms with E-state index in [1.54, 1.807) is 0 Å². The molecule has 164 valence electrons. The summed E-state index contributed by atoms with van der Waals surface area (Å²) in [6, 6.07) is 20.3. The van der Waals surface area contributed by atoms with Crippen LogP contribution in [0.3, 0.4) is 0 Å². The lowest BCUT2D eigenvalue weighted by molar-refractivity contribution is -0.159. The normalized spacial score (nSPS) is 11.4. The summed E-state index contributed by atoms with van der Waals surface area (Å²) in [5.74, 6) is -3.65. The van der Waals surface area contributed by atoms with Crippen LogP contribution in [0.2, 0.25) is 0 Å². The first kappa shape index (κ1) is 25.3. The average Bonchev–Trinajstić information content (AvgIpc) is 2.75. The van der Waals surface area contributed by atoms with Crippen LogP contribution < -0.4 is 5.32 Å². The molecular weight excluding hydrogens is 386 g/mol. The summed E-state index contributed by atoms with van der Waals surface area (Å²) in [4.78, 5) is 18.2. The largest absolute Gasteiger partial charge is 0.473 e. The Morgan fingerprint density at radius 3 is 1.83 bits per heavy atom. The number of unbranched alkanes of at least 4 members (excludes halogenated alkanes) is 2. The summed E-state index contributed by atoms with van der Waals surface area (Å²) < 4.78 is 6.06. The van der Waals surface area contributed by atoms with Gasteiger partial charge < -0.3 is 25.4 Å². The molecule has 0 radical (unpaired) electrons. The fourth-order valence-corrected chi connectivity index (χ4v) is 2.68. The highest BCUT2D eigenvalue weighted by Crippen LogP contribution is 2.25. The Morgan fingerprint density at radius 1 is 0.900 bits per heavy atom. The Bertz CT molecular complexity index is 671. The lowest BCUT2D eigenvalue weighted by atomic mass is 10.0. The number of aliphatic hydroxyl groups is 1. The number of aliphatic carboxylic acids is 2. The van der Waals surface area contributed by atoms with Crippen molar-refractivity contribution in [3.8, 4) is 0 Å². The molecule has 2 aromatic rings. The molecule has 0 heterocycles. The summed E-state index contributed by atoms with van der Waals surface area (Å²) in [5, 5.41) is 28.2. The number of hydrogen-bond acceptors (Lipinski definition) is 5. The van der Waals surface area contributed by atoms with E-state index in [1.807, 2.05) is 36.4 Å². The molecule has 2 aromatic carbocycles. The molecule has 0 aromatic heterocycles. The Balaban J connectivity index is 0.000000656. The Morgan fingerprint density at radius 2 is 1.40 bits per heavy atom. The second-order valence-corrected chi connectivity index (χ2v) is 6.71. The molecule has 0 amide bonds. The molecule has 1 unspecified atom stereocenters. The van der Waals surface area contributed by atoms with Gasteiger partial charge in [0.05, 0.1) is 12.7 Å². The van der Waals surface area contributed by atoms with E-state index < -0.39 is 18.0 Å². The summed E-state index contributed by atoms with van der Waals surface area (Å²) in [5.41, 5.74) is 2.21. The second kappa shape index (κ2) is 15.1. The summed E-state index contributed by atoms with van der Waals surface area (Å²) in [6.45, 7) is 4.02. The van der Waals surface area contributed by atoms with Gasteiger partial charge in [0.25, 0.3) is 0 Å². The topological polar surface area (TPSA) is 116 Å². The Hall–Kier alpha value is -2.74. The van der Waals surface area contributed by atoms with Crippen molar-refractivity contribution in [1.82, 2.24) is 5.32 Å². The van der Waals surface area contributed by atoms with E-state index in [0.717, 1.165) is 24.1 Å². The van der Waals surface area contributed by atoms with E-state index in [1.165, 1.54) is 12.8 Å². The Labute approximate surface area is 177 Å². The molecule has 0 saturated heterocycles. The molecule has 7 heteroatoms. The van der Waals surface area contributed by atoms with E-state index in [4.69, 9.17) is 24.5 Å². The van der Waals surface area contributed by atoms with Crippen LogP contribution >= 0.6 is 0 Å². The summed E-state index contributed by atoms with van der Waals surface area (Å²) in [7, 11) is 0. The van der Waals surface area contributed by atoms with Crippen molar-refractivity contribution in [1.29, 1.82) is 0 Å². The van der Waals surface area contributed by atoms with Crippen LogP contribution in [0.25, 0.3) is 0 Å². The highest BCUT2D eigenvalue weighted by atomic mass is 16.5. The van der Waals surface area contributed by atoms with Gasteiger partial charge in [-0.1, -0.05) is 80.4 Å². The number of hydrogen-bond donors (Lipinski definition) is 4. The van der Waals surface area contributed by atoms with Gasteiger partial charge in [0.15, 0.2) is 0 Å². The van der Waals surface area contributed by atoms with Crippen molar-refractivity contribution in [2.75, 3.05) is 19.7 Å². The minimum absolute atomic E-state index is 0.151. The van der Waals surface area contributed by atoms with Gasteiger partial charge in [-0.2, -0.15) is 0 Å². The number of carboxylic acid groups (broad SMARTS) is 2. The summed E-state index contributed by atoms with van der Waals surface area (Å²) >= 11 is 0. The maximum atomic E-state index is 10.2. The van der Waals surface area contributed by atoms with Crippen LogP contribution in [0.5, 0.6) is 0 Å². The molecule has 0 saturated carbocycles. The monoisotopic (exact) mass is 417 g/mol. The number of carboxylic acids is 2. The average molecular weight is 418 g/mol. The zero-order valence-electron chi connectivity index (χ0n) is 17.2. The standard InChI is InChI=1S/C21H29NO2.C2H2O4/c1-2-3-10-15-22-16-20(23)17-24-21(18-11-6-4-7-12-18)19-13-8-5-9-14-19;3-1(4)2(5)6/h4-9,11-14,20-23H,2-3,10,15-17H2,1H3;(H,3,4)(H,5,6). The van der Waals surface area contributed by atoms with Gasteiger partial charge in [0.1, 0.15) is 6.10 Å². The minimum Gasteiger partial charge on any atom is -0.473 e. The number of rotatable bonds is 11. The Kier molecular flexibility index (Phi) is 12.8. The van der Waals surface area contributed by atoms with Crippen molar-refractivity contribution >= 4 is 11.9 Å². The third-order valence-corrected chi connectivity index (χ3v) is 4.18. The number of aliphatic hydroxyl groups excluding tert-OH is 1. The first-order valence-corrected chi connectivity index (χ1v) is 10.0. The number of carbonyl (C=O) groups is 2. The van der Waals surface area contributed by atoms with Crippen molar-refractivity contribution < 1.29 is 29.6 Å². The van der Waals surface area contributed by atoms with Crippen LogP contribution in [0.4, 0.5) is 0 Å². The number of ether oxygens (including phenoxy) is 1. The van der Waals surface area contributed by atoms with Gasteiger partial charge in [0, 0.05) is 6.54 Å². The SMILES string of the molecule is CCCCCNCC(O)COC(c1ccccc1)c1ccccc1.O=C(O)C(=O)O. The van der Waals surface area contributed by atoms with Crippen LogP contribution in [-0.2, 0) is 14.3 Å². The molecule has 4 N–H and O–H groups in total. The van der Waals surface area contributed by atoms with Crippen LogP contribution in [-0.4, -0.2) is 53.1 Å². The third-order valence-electron chi connectivity index (χ3n) is 4.18. The van der Waals surface area contributed by atoms with Gasteiger partial charge in [0.2, 0.25) is 0 Å². The predicted octanol–water partition coefficient (Wildman–Crippen LogP) is 3.09. The van der Waals surface area contributed by atoms with Gasteiger partial charge in [-0.25, -0.2) is 9.59 Å². The maximum Gasteiger partial charge on any atom is 0.414 e. The second-order valence-electron chi connectivity index (χ2n) is 6.71. The van der Waals surface area contributed by atoms with Gasteiger partial charge >= 0.3 is 11.9 Å². The third kappa shape index (κ3) is 10.7. The first-order chi connectivity index (χ1) is 14.5. The fourth-order valence-electron chi connectivity index (χ4n) is 2.68. The maximum absolute atomic E-state index is 10.2. The van der Waals surface area contributed by atoms with Crippen molar-refractivity contribution in [3.63, 3.8) is 0 Å². The van der Waals surface area contributed by atoms with Crippen molar-refractivity contribution in [2.45, 2.75) is 38.4 Å². The molecule has 0 fully saturated rings. The molecule has 30 heavy (non-hydrogen) atoms. The molecule has 0 spiro atoms. The molecular formula is C23H31NO6. The highest BCUT2D eigenvalue weighted by molar-refractivity contribution is 6.27. The molecule has 2 rings (SSSR count). The molecule has 0 aliphatic heterocycles. The predicted molar refractivity (Wildman–Crippen MR) is 114 cm³/mol. The smallest absolute Gasteiger partial charge is 0.414 e. The van der Waals surface area contributed by atoms with Gasteiger partial charge in [-0.15, -0.1) is 0 Å². The van der Waals surface area contributed by atoms with Crippen LogP contribution in [0.15, 0.2) is 60.7 Å². The van der Waals surface area contributed by atoms with E-state index in [9.17, 15) is 5.11 Å². The van der Waals surface area contributed by atoms with Crippen LogP contribution in [0, 0.1) is 0 Å². The van der Waals surface area contributed by atoms with E-state index >= 15 is 0 Å². The van der Waals surface area contributed by atoms with Crippen molar-refractivity contribution in [3.05, 3.63) is 71.8 Å². The number of benzene rings is 2. The zero-order chi connectivity index (χ0) is 22.2. The molecule has 1 atom stereocenters. The lowest BCUT2D eigenvalue weighted by Gasteiger charge is -2.21. The molecule has 0 aliphatic rings. The molecule has 0 aliphatic carbocycles. The van der Waals surface area contributed by atoms with E-state index in [2.05, 4.69) is 36.5 Å². The van der Waals surface area contributed by atoms with E-state index in [0.29, 0.717) is 13.2 Å². The minimum atomic E-state index is -1.82. The van der Waals surface area contributed by atoms with Gasteiger partial charge in [-0.3, -0.25) is 0 Å². The highest BCUT2D eigenvalue weighted by Gasteiger charge is 2.16. The zero-order valence-corrected chi connectivity index (χ0v) is 17.2.